The minimum Gasteiger partial charge on any atom is -0.305 e. The highest BCUT2D eigenvalue weighted by Gasteiger charge is 2.29. The predicted molar refractivity (Wildman–Crippen MR) is 114 cm³/mol. The number of hydrazone groups is 1. The fourth-order valence-electron chi connectivity index (χ4n) is 3.77. The Labute approximate surface area is 162 Å². The van der Waals surface area contributed by atoms with Gasteiger partial charge in [0, 0.05) is 17.9 Å². The SMILES string of the molecule is CC(C)(C)NN=C(CC1c2ccccc2-c2ccccc21)c1ccccc1. The first-order valence-electron chi connectivity index (χ1n) is 9.60. The van der Waals surface area contributed by atoms with Crippen molar-refractivity contribution in [3.05, 3.63) is 95.6 Å². The molecule has 0 bridgehead atoms. The van der Waals surface area contributed by atoms with Crippen LogP contribution in [0.25, 0.3) is 11.1 Å². The molecule has 136 valence electrons. The van der Waals surface area contributed by atoms with E-state index in [1.165, 1.54) is 27.8 Å². The molecular weight excluding hydrogens is 328 g/mol. The second kappa shape index (κ2) is 7.03. The quantitative estimate of drug-likeness (QED) is 0.452. The Bertz CT molecular complexity index is 919. The average Bonchev–Trinajstić information content (AvgIpc) is 2.99. The number of rotatable bonds is 4. The molecule has 2 nitrogen and oxygen atoms in total. The largest absolute Gasteiger partial charge is 0.305 e. The average molecular weight is 354 g/mol. The Hall–Kier alpha value is -2.87. The van der Waals surface area contributed by atoms with Crippen molar-refractivity contribution in [3.63, 3.8) is 0 Å². The van der Waals surface area contributed by atoms with E-state index in [1.54, 1.807) is 0 Å². The van der Waals surface area contributed by atoms with Crippen molar-refractivity contribution in [1.29, 1.82) is 0 Å². The van der Waals surface area contributed by atoms with E-state index in [4.69, 9.17) is 5.10 Å². The van der Waals surface area contributed by atoms with Gasteiger partial charge in [0.15, 0.2) is 0 Å². The maximum Gasteiger partial charge on any atom is 0.0684 e. The molecule has 1 aliphatic rings. The van der Waals surface area contributed by atoms with Gasteiger partial charge >= 0.3 is 0 Å². The molecule has 0 amide bonds. The minimum atomic E-state index is -0.0640. The first-order valence-corrected chi connectivity index (χ1v) is 9.60. The van der Waals surface area contributed by atoms with Crippen LogP contribution in [0.15, 0.2) is 84.0 Å². The molecular formula is C25H26N2. The van der Waals surface area contributed by atoms with Crippen molar-refractivity contribution in [2.24, 2.45) is 5.10 Å². The van der Waals surface area contributed by atoms with Gasteiger partial charge in [0.25, 0.3) is 0 Å². The third-order valence-corrected chi connectivity index (χ3v) is 4.99. The summed E-state index contributed by atoms with van der Waals surface area (Å²) < 4.78 is 0. The fraction of sp³-hybridized carbons (Fsp3) is 0.240. The zero-order valence-electron chi connectivity index (χ0n) is 16.2. The Kier molecular flexibility index (Phi) is 4.57. The molecule has 0 fully saturated rings. The normalized spacial score (nSPS) is 14.0. The zero-order chi connectivity index (χ0) is 18.9. The first kappa shape index (κ1) is 17.5. The highest BCUT2D eigenvalue weighted by Crippen LogP contribution is 2.46. The van der Waals surface area contributed by atoms with Crippen molar-refractivity contribution < 1.29 is 0 Å². The fourth-order valence-corrected chi connectivity index (χ4v) is 3.77. The van der Waals surface area contributed by atoms with Crippen LogP contribution in [0.5, 0.6) is 0 Å². The maximum absolute atomic E-state index is 4.84. The molecule has 2 heteroatoms. The van der Waals surface area contributed by atoms with Crippen molar-refractivity contribution in [2.75, 3.05) is 0 Å². The van der Waals surface area contributed by atoms with Crippen LogP contribution in [-0.4, -0.2) is 11.3 Å². The topological polar surface area (TPSA) is 24.4 Å². The van der Waals surface area contributed by atoms with Crippen molar-refractivity contribution in [3.8, 4) is 11.1 Å². The summed E-state index contributed by atoms with van der Waals surface area (Å²) in [6.07, 6.45) is 0.876. The Morgan fingerprint density at radius 1 is 0.778 bits per heavy atom. The molecule has 3 aromatic rings. The van der Waals surface area contributed by atoms with Gasteiger partial charge < -0.3 is 5.43 Å². The molecule has 0 unspecified atom stereocenters. The Morgan fingerprint density at radius 2 is 1.30 bits per heavy atom. The molecule has 0 heterocycles. The molecule has 0 saturated heterocycles. The second-order valence-corrected chi connectivity index (χ2v) is 8.22. The monoisotopic (exact) mass is 354 g/mol. The van der Waals surface area contributed by atoms with Crippen molar-refractivity contribution in [2.45, 2.75) is 38.6 Å². The minimum absolute atomic E-state index is 0.0640. The standard InChI is InChI=1S/C25H26N2/c1-25(2,3)27-26-24(18-11-5-4-6-12-18)17-23-21-15-9-7-13-19(21)20-14-8-10-16-22(20)23/h4-16,23,27H,17H2,1-3H3. The van der Waals surface area contributed by atoms with Crippen LogP contribution in [0.3, 0.4) is 0 Å². The molecule has 1 N–H and O–H groups in total. The third-order valence-electron chi connectivity index (χ3n) is 4.99. The number of hydrogen-bond donors (Lipinski definition) is 1. The molecule has 0 spiro atoms. The van der Waals surface area contributed by atoms with Gasteiger partial charge in [0.05, 0.1) is 5.71 Å². The summed E-state index contributed by atoms with van der Waals surface area (Å²) in [6, 6.07) is 28.1. The van der Waals surface area contributed by atoms with Gasteiger partial charge in [0.1, 0.15) is 0 Å². The lowest BCUT2D eigenvalue weighted by atomic mass is 9.89. The molecule has 4 rings (SSSR count). The van der Waals surface area contributed by atoms with Crippen LogP contribution < -0.4 is 5.43 Å². The Balaban J connectivity index is 1.75. The summed E-state index contributed by atoms with van der Waals surface area (Å²) in [5.74, 6) is 0.332. The van der Waals surface area contributed by atoms with E-state index in [2.05, 4.69) is 105 Å². The lowest BCUT2D eigenvalue weighted by molar-refractivity contribution is 0.440. The highest BCUT2D eigenvalue weighted by atomic mass is 15.3. The van der Waals surface area contributed by atoms with Gasteiger partial charge in [-0.1, -0.05) is 78.9 Å². The van der Waals surface area contributed by atoms with Gasteiger partial charge in [-0.05, 0) is 48.6 Å². The molecule has 3 aromatic carbocycles. The summed E-state index contributed by atoms with van der Waals surface area (Å²) in [5, 5.41) is 4.84. The van der Waals surface area contributed by atoms with E-state index in [0.29, 0.717) is 5.92 Å². The number of nitrogens with zero attached hydrogens (tertiary/aromatic N) is 1. The van der Waals surface area contributed by atoms with E-state index in [1.807, 2.05) is 0 Å². The van der Waals surface area contributed by atoms with Crippen LogP contribution in [-0.2, 0) is 0 Å². The van der Waals surface area contributed by atoms with Crippen molar-refractivity contribution in [1.82, 2.24) is 5.43 Å². The summed E-state index contributed by atoms with van der Waals surface area (Å²) in [7, 11) is 0. The van der Waals surface area contributed by atoms with Gasteiger partial charge in [-0.3, -0.25) is 0 Å². The highest BCUT2D eigenvalue weighted by molar-refractivity contribution is 6.01. The van der Waals surface area contributed by atoms with E-state index in [-0.39, 0.29) is 5.54 Å². The van der Waals surface area contributed by atoms with Gasteiger partial charge in [-0.25, -0.2) is 0 Å². The molecule has 0 saturated carbocycles. The molecule has 0 aromatic heterocycles. The van der Waals surface area contributed by atoms with Crippen molar-refractivity contribution >= 4 is 5.71 Å². The van der Waals surface area contributed by atoms with Crippen LogP contribution in [0.4, 0.5) is 0 Å². The van der Waals surface area contributed by atoms with E-state index >= 15 is 0 Å². The van der Waals surface area contributed by atoms with Gasteiger partial charge in [-0.15, -0.1) is 0 Å². The van der Waals surface area contributed by atoms with Gasteiger partial charge in [-0.2, -0.15) is 5.10 Å². The van der Waals surface area contributed by atoms with Crippen LogP contribution in [0, 0.1) is 0 Å². The number of benzene rings is 3. The van der Waals surface area contributed by atoms with E-state index in [0.717, 1.165) is 12.1 Å². The summed E-state index contributed by atoms with van der Waals surface area (Å²) in [4.78, 5) is 0. The van der Waals surface area contributed by atoms with Crippen LogP contribution in [0.1, 0.15) is 49.8 Å². The summed E-state index contributed by atoms with van der Waals surface area (Å²) >= 11 is 0. The molecule has 0 aliphatic heterocycles. The third kappa shape index (κ3) is 3.66. The van der Waals surface area contributed by atoms with Crippen LogP contribution in [0.2, 0.25) is 0 Å². The smallest absolute Gasteiger partial charge is 0.0684 e. The van der Waals surface area contributed by atoms with Gasteiger partial charge in [0.2, 0.25) is 0 Å². The number of fused-ring (bicyclic) bond motifs is 3. The first-order chi connectivity index (χ1) is 13.0. The second-order valence-electron chi connectivity index (χ2n) is 8.22. The zero-order valence-corrected chi connectivity index (χ0v) is 16.2. The van der Waals surface area contributed by atoms with E-state index in [9.17, 15) is 0 Å². The number of hydrogen-bond acceptors (Lipinski definition) is 2. The predicted octanol–water partition coefficient (Wildman–Crippen LogP) is 5.98. The summed E-state index contributed by atoms with van der Waals surface area (Å²) in [5.41, 5.74) is 11.1. The molecule has 0 radical (unpaired) electrons. The maximum atomic E-state index is 4.84. The number of nitrogens with one attached hydrogen (secondary N) is 1. The van der Waals surface area contributed by atoms with Crippen LogP contribution >= 0.6 is 0 Å². The Morgan fingerprint density at radius 3 is 1.85 bits per heavy atom. The molecule has 0 atom stereocenters. The van der Waals surface area contributed by atoms with E-state index < -0.39 is 0 Å². The lowest BCUT2D eigenvalue weighted by Gasteiger charge is -2.21. The molecule has 1 aliphatic carbocycles. The lowest BCUT2D eigenvalue weighted by Crippen LogP contribution is -2.32. The molecule has 27 heavy (non-hydrogen) atoms. The summed E-state index contributed by atoms with van der Waals surface area (Å²) in [6.45, 7) is 6.41.